The van der Waals surface area contributed by atoms with Crippen LogP contribution in [0.5, 0.6) is 0 Å². The Morgan fingerprint density at radius 1 is 0.688 bits per heavy atom. The average molecular weight is 233 g/mol. The maximum Gasteiger partial charge on any atom is -0.00219 e. The van der Waals surface area contributed by atoms with Crippen molar-refractivity contribution in [2.75, 3.05) is 20.1 Å². The van der Waals surface area contributed by atoms with Gasteiger partial charge in [-0.1, -0.05) is 74.7 Å². The van der Waals surface area contributed by atoms with Crippen LogP contribution in [0.2, 0.25) is 0 Å². The van der Waals surface area contributed by atoms with Crippen LogP contribution < -0.4 is 0 Å². The SMILES string of the molecule is CC.CC.CC.CCCCCCN(C)CC. The highest BCUT2D eigenvalue weighted by Gasteiger charge is 1.92. The van der Waals surface area contributed by atoms with Crippen LogP contribution in [0.3, 0.4) is 0 Å². The molecule has 0 aromatic carbocycles. The molecule has 0 atom stereocenters. The lowest BCUT2D eigenvalue weighted by Crippen LogP contribution is -2.18. The fourth-order valence-corrected chi connectivity index (χ4v) is 0.967. The van der Waals surface area contributed by atoms with Gasteiger partial charge in [-0.2, -0.15) is 0 Å². The van der Waals surface area contributed by atoms with E-state index in [0.29, 0.717) is 0 Å². The summed E-state index contributed by atoms with van der Waals surface area (Å²) in [5.41, 5.74) is 0. The Hall–Kier alpha value is -0.0400. The molecule has 0 saturated carbocycles. The van der Waals surface area contributed by atoms with Crippen LogP contribution in [0.25, 0.3) is 0 Å². The maximum absolute atomic E-state index is 2.37. The predicted molar refractivity (Wildman–Crippen MR) is 81.4 cm³/mol. The molecule has 0 fully saturated rings. The first kappa shape index (κ1) is 25.0. The van der Waals surface area contributed by atoms with E-state index in [9.17, 15) is 0 Å². The van der Waals surface area contributed by atoms with E-state index in [1.54, 1.807) is 0 Å². The molecular weight excluding hydrogens is 194 g/mol. The highest BCUT2D eigenvalue weighted by atomic mass is 15.1. The second-order valence-electron chi connectivity index (χ2n) is 2.96. The standard InChI is InChI=1S/C9H21N.3C2H6/c1-4-6-7-8-9-10(3)5-2;3*1-2/h4-9H2,1-3H3;3*1-2H3. The van der Waals surface area contributed by atoms with Crippen LogP contribution in [0.1, 0.15) is 81.1 Å². The van der Waals surface area contributed by atoms with Crippen molar-refractivity contribution in [2.24, 2.45) is 0 Å². The van der Waals surface area contributed by atoms with E-state index < -0.39 is 0 Å². The first-order valence-electron chi connectivity index (χ1n) is 7.49. The van der Waals surface area contributed by atoms with Gasteiger partial charge in [0.25, 0.3) is 0 Å². The van der Waals surface area contributed by atoms with Gasteiger partial charge in [-0.05, 0) is 26.6 Å². The van der Waals surface area contributed by atoms with Gasteiger partial charge in [0, 0.05) is 0 Å². The number of nitrogens with zero attached hydrogens (tertiary/aromatic N) is 1. The molecule has 0 bridgehead atoms. The molecule has 1 nitrogen and oxygen atoms in total. The third kappa shape index (κ3) is 37.0. The molecule has 104 valence electrons. The van der Waals surface area contributed by atoms with Crippen molar-refractivity contribution in [3.63, 3.8) is 0 Å². The topological polar surface area (TPSA) is 3.24 Å². The summed E-state index contributed by atoms with van der Waals surface area (Å²) in [5.74, 6) is 0. The summed E-state index contributed by atoms with van der Waals surface area (Å²) in [5, 5.41) is 0. The van der Waals surface area contributed by atoms with E-state index in [0.717, 1.165) is 0 Å². The van der Waals surface area contributed by atoms with Gasteiger partial charge in [0.1, 0.15) is 0 Å². The first-order chi connectivity index (χ1) is 7.81. The molecule has 0 rings (SSSR count). The van der Waals surface area contributed by atoms with Gasteiger partial charge in [0.15, 0.2) is 0 Å². The second kappa shape index (κ2) is 36.3. The normalized spacial score (nSPS) is 7.88. The molecule has 0 aliphatic rings. The molecule has 0 amide bonds. The van der Waals surface area contributed by atoms with E-state index in [4.69, 9.17) is 0 Å². The van der Waals surface area contributed by atoms with Crippen molar-refractivity contribution >= 4 is 0 Å². The minimum atomic E-state index is 1.19. The summed E-state index contributed by atoms with van der Waals surface area (Å²) in [7, 11) is 2.19. The van der Waals surface area contributed by atoms with Crippen molar-refractivity contribution in [3.05, 3.63) is 0 Å². The molecule has 0 saturated heterocycles. The van der Waals surface area contributed by atoms with Gasteiger partial charge < -0.3 is 4.90 Å². The van der Waals surface area contributed by atoms with Crippen LogP contribution in [0.15, 0.2) is 0 Å². The summed E-state index contributed by atoms with van der Waals surface area (Å²) in [6, 6.07) is 0. The molecule has 0 spiro atoms. The quantitative estimate of drug-likeness (QED) is 0.540. The first-order valence-corrected chi connectivity index (χ1v) is 7.49. The van der Waals surface area contributed by atoms with Crippen LogP contribution in [0, 0.1) is 0 Å². The van der Waals surface area contributed by atoms with Gasteiger partial charge in [0.2, 0.25) is 0 Å². The second-order valence-corrected chi connectivity index (χ2v) is 2.96. The third-order valence-corrected chi connectivity index (χ3v) is 1.93. The average Bonchev–Trinajstić information content (AvgIpc) is 2.41. The van der Waals surface area contributed by atoms with E-state index in [2.05, 4.69) is 25.8 Å². The van der Waals surface area contributed by atoms with Crippen molar-refractivity contribution in [1.82, 2.24) is 4.90 Å². The Bertz CT molecular complexity index is 62.5. The Morgan fingerprint density at radius 3 is 1.44 bits per heavy atom. The van der Waals surface area contributed by atoms with E-state index in [1.165, 1.54) is 38.8 Å². The van der Waals surface area contributed by atoms with E-state index >= 15 is 0 Å². The summed E-state index contributed by atoms with van der Waals surface area (Å²) in [6.07, 6.45) is 5.52. The number of hydrogen-bond donors (Lipinski definition) is 0. The smallest absolute Gasteiger partial charge is 0.00219 e. The van der Waals surface area contributed by atoms with Crippen LogP contribution in [-0.2, 0) is 0 Å². The molecular formula is C15H39N. The van der Waals surface area contributed by atoms with Crippen LogP contribution in [0.4, 0.5) is 0 Å². The Kier molecular flexibility index (Phi) is 56.7. The fourth-order valence-electron chi connectivity index (χ4n) is 0.967. The summed E-state index contributed by atoms with van der Waals surface area (Å²) in [4.78, 5) is 2.37. The zero-order chi connectivity index (χ0) is 13.8. The van der Waals surface area contributed by atoms with Gasteiger partial charge in [-0.3, -0.25) is 0 Å². The third-order valence-electron chi connectivity index (χ3n) is 1.93. The molecule has 16 heavy (non-hydrogen) atoms. The highest BCUT2D eigenvalue weighted by molar-refractivity contribution is 4.47. The Morgan fingerprint density at radius 2 is 1.12 bits per heavy atom. The van der Waals surface area contributed by atoms with Crippen molar-refractivity contribution in [2.45, 2.75) is 81.1 Å². The minimum absolute atomic E-state index is 1.19. The molecule has 0 aromatic rings. The molecule has 0 radical (unpaired) electrons. The minimum Gasteiger partial charge on any atom is -0.307 e. The number of rotatable bonds is 6. The summed E-state index contributed by atoms with van der Waals surface area (Å²) >= 11 is 0. The zero-order valence-electron chi connectivity index (χ0n) is 13.7. The lowest BCUT2D eigenvalue weighted by molar-refractivity contribution is 0.341. The molecule has 0 aliphatic heterocycles. The van der Waals surface area contributed by atoms with Crippen molar-refractivity contribution in [3.8, 4) is 0 Å². The van der Waals surface area contributed by atoms with Crippen LogP contribution >= 0.6 is 0 Å². The molecule has 0 aromatic heterocycles. The zero-order valence-corrected chi connectivity index (χ0v) is 13.7. The largest absolute Gasteiger partial charge is 0.307 e. The molecule has 0 aliphatic carbocycles. The van der Waals surface area contributed by atoms with Gasteiger partial charge >= 0.3 is 0 Å². The van der Waals surface area contributed by atoms with Gasteiger partial charge in [0.05, 0.1) is 0 Å². The van der Waals surface area contributed by atoms with E-state index in [-0.39, 0.29) is 0 Å². The van der Waals surface area contributed by atoms with E-state index in [1.807, 2.05) is 41.5 Å². The molecule has 1 heteroatoms. The lowest BCUT2D eigenvalue weighted by atomic mass is 10.2. The number of hydrogen-bond acceptors (Lipinski definition) is 1. The Balaban J connectivity index is -0.000000103. The lowest BCUT2D eigenvalue weighted by Gasteiger charge is -2.12. The highest BCUT2D eigenvalue weighted by Crippen LogP contribution is 1.99. The fraction of sp³-hybridized carbons (Fsp3) is 1.00. The van der Waals surface area contributed by atoms with Crippen molar-refractivity contribution < 1.29 is 0 Å². The van der Waals surface area contributed by atoms with Gasteiger partial charge in [-0.15, -0.1) is 0 Å². The molecule has 0 heterocycles. The van der Waals surface area contributed by atoms with Crippen molar-refractivity contribution in [1.29, 1.82) is 0 Å². The maximum atomic E-state index is 2.37. The molecule has 0 N–H and O–H groups in total. The Labute approximate surface area is 107 Å². The number of unbranched alkanes of at least 4 members (excludes halogenated alkanes) is 3. The van der Waals surface area contributed by atoms with Crippen LogP contribution in [-0.4, -0.2) is 25.0 Å². The predicted octanol–water partition coefficient (Wildman–Crippen LogP) is 5.60. The monoisotopic (exact) mass is 233 g/mol. The summed E-state index contributed by atoms with van der Waals surface area (Å²) in [6.45, 7) is 18.9. The summed E-state index contributed by atoms with van der Waals surface area (Å²) < 4.78 is 0. The van der Waals surface area contributed by atoms with Gasteiger partial charge in [-0.25, -0.2) is 0 Å². The molecule has 0 unspecified atom stereocenters.